The third-order valence-electron chi connectivity index (χ3n) is 1.98. The van der Waals surface area contributed by atoms with Crippen LogP contribution in [0.1, 0.15) is 5.56 Å². The van der Waals surface area contributed by atoms with Crippen LogP contribution in [0.5, 0.6) is 0 Å². The molecule has 1 atom stereocenters. The van der Waals surface area contributed by atoms with Crippen molar-refractivity contribution in [3.05, 3.63) is 29.8 Å². The molecule has 0 radical (unpaired) electrons. The lowest BCUT2D eigenvalue weighted by molar-refractivity contribution is -0.119. The minimum atomic E-state index is -0.588. The van der Waals surface area contributed by atoms with Crippen LogP contribution in [0.4, 0.5) is 0 Å². The number of primary amides is 1. The van der Waals surface area contributed by atoms with Crippen LogP contribution < -0.4 is 11.5 Å². The van der Waals surface area contributed by atoms with Gasteiger partial charge in [0.1, 0.15) is 0 Å². The minimum absolute atomic E-state index is 0.459. The van der Waals surface area contributed by atoms with Crippen molar-refractivity contribution in [3.8, 4) is 0 Å². The monoisotopic (exact) mass is 210 g/mol. The molecule has 4 heteroatoms. The maximum Gasteiger partial charge on any atom is 0.234 e. The minimum Gasteiger partial charge on any atom is -0.368 e. The van der Waals surface area contributed by atoms with Crippen LogP contribution in [0.25, 0.3) is 0 Å². The molecule has 3 nitrogen and oxygen atoms in total. The summed E-state index contributed by atoms with van der Waals surface area (Å²) in [5, 5.41) is 0. The highest BCUT2D eigenvalue weighted by molar-refractivity contribution is 7.98. The van der Waals surface area contributed by atoms with Crippen molar-refractivity contribution < 1.29 is 4.79 Å². The van der Waals surface area contributed by atoms with E-state index in [9.17, 15) is 4.79 Å². The van der Waals surface area contributed by atoms with Gasteiger partial charge in [-0.3, -0.25) is 4.79 Å². The molecule has 0 aliphatic carbocycles. The van der Waals surface area contributed by atoms with Gasteiger partial charge in [-0.1, -0.05) is 12.1 Å². The molecule has 0 fully saturated rings. The van der Waals surface area contributed by atoms with Gasteiger partial charge in [0.25, 0.3) is 0 Å². The molecule has 1 aromatic rings. The van der Waals surface area contributed by atoms with E-state index in [2.05, 4.69) is 0 Å². The van der Waals surface area contributed by atoms with Crippen molar-refractivity contribution in [2.45, 2.75) is 17.4 Å². The summed E-state index contributed by atoms with van der Waals surface area (Å²) in [6.45, 7) is 0. The largest absolute Gasteiger partial charge is 0.368 e. The average Bonchev–Trinajstić information content (AvgIpc) is 2.19. The predicted octanol–water partition coefficient (Wildman–Crippen LogP) is 0.764. The van der Waals surface area contributed by atoms with Gasteiger partial charge in [0, 0.05) is 4.90 Å². The number of rotatable bonds is 4. The molecule has 0 saturated heterocycles. The van der Waals surface area contributed by atoms with Gasteiger partial charge in [-0.05, 0) is 30.4 Å². The van der Waals surface area contributed by atoms with Gasteiger partial charge in [-0.15, -0.1) is 11.8 Å². The van der Waals surface area contributed by atoms with Crippen molar-refractivity contribution in [1.82, 2.24) is 0 Å². The van der Waals surface area contributed by atoms with E-state index in [1.54, 1.807) is 11.8 Å². The number of nitrogens with two attached hydrogens (primary N) is 2. The molecule has 1 aromatic carbocycles. The molecule has 0 aliphatic heterocycles. The summed E-state index contributed by atoms with van der Waals surface area (Å²) in [5.74, 6) is -0.459. The predicted molar refractivity (Wildman–Crippen MR) is 59.1 cm³/mol. The third kappa shape index (κ3) is 3.05. The van der Waals surface area contributed by atoms with Crippen molar-refractivity contribution in [1.29, 1.82) is 0 Å². The lowest BCUT2D eigenvalue weighted by atomic mass is 10.1. The molecule has 0 aliphatic rings. The fourth-order valence-electron chi connectivity index (χ4n) is 1.12. The van der Waals surface area contributed by atoms with E-state index in [0.29, 0.717) is 6.42 Å². The van der Waals surface area contributed by atoms with Gasteiger partial charge in [0.05, 0.1) is 6.04 Å². The Balaban J connectivity index is 2.64. The summed E-state index contributed by atoms with van der Waals surface area (Å²) in [4.78, 5) is 11.9. The molecular weight excluding hydrogens is 196 g/mol. The molecule has 0 aromatic heterocycles. The first-order valence-corrected chi connectivity index (χ1v) is 5.54. The lowest BCUT2D eigenvalue weighted by Gasteiger charge is -2.07. The van der Waals surface area contributed by atoms with Gasteiger partial charge < -0.3 is 11.5 Å². The van der Waals surface area contributed by atoms with Crippen molar-refractivity contribution >= 4 is 17.7 Å². The number of hydrogen-bond acceptors (Lipinski definition) is 3. The van der Waals surface area contributed by atoms with Crippen molar-refractivity contribution in [2.75, 3.05) is 6.26 Å². The molecule has 0 bridgehead atoms. The maximum atomic E-state index is 10.7. The lowest BCUT2D eigenvalue weighted by Crippen LogP contribution is -2.38. The van der Waals surface area contributed by atoms with Gasteiger partial charge in [0.2, 0.25) is 5.91 Å². The SMILES string of the molecule is CSc1ccc(CC(N)C(N)=O)cc1. The molecule has 0 spiro atoms. The fraction of sp³-hybridized carbons (Fsp3) is 0.300. The van der Waals surface area contributed by atoms with Crippen LogP contribution in [0.3, 0.4) is 0 Å². The number of benzene rings is 1. The second kappa shape index (κ2) is 5.02. The summed E-state index contributed by atoms with van der Waals surface area (Å²) >= 11 is 1.68. The number of amides is 1. The van der Waals surface area contributed by atoms with Gasteiger partial charge in [-0.2, -0.15) is 0 Å². The highest BCUT2D eigenvalue weighted by atomic mass is 32.2. The Morgan fingerprint density at radius 1 is 1.43 bits per heavy atom. The Morgan fingerprint density at radius 3 is 2.43 bits per heavy atom. The fourth-order valence-corrected chi connectivity index (χ4v) is 1.52. The van der Waals surface area contributed by atoms with E-state index >= 15 is 0 Å². The Kier molecular flexibility index (Phi) is 3.98. The summed E-state index contributed by atoms with van der Waals surface area (Å²) in [7, 11) is 0. The van der Waals surface area contributed by atoms with Gasteiger partial charge in [-0.25, -0.2) is 0 Å². The molecule has 0 heterocycles. The number of carbonyl (C=O) groups is 1. The van der Waals surface area contributed by atoms with Crippen LogP contribution in [-0.4, -0.2) is 18.2 Å². The molecule has 1 rings (SSSR count). The molecule has 4 N–H and O–H groups in total. The van der Waals surface area contributed by atoms with Gasteiger partial charge in [0.15, 0.2) is 0 Å². The Morgan fingerprint density at radius 2 is 2.00 bits per heavy atom. The van der Waals surface area contributed by atoms with Crippen LogP contribution >= 0.6 is 11.8 Å². The standard InChI is InChI=1S/C10H14N2OS/c1-14-8-4-2-7(3-5-8)6-9(11)10(12)13/h2-5,9H,6,11H2,1H3,(H2,12,13). The second-order valence-corrected chi connectivity index (χ2v) is 3.94. The molecule has 76 valence electrons. The third-order valence-corrected chi connectivity index (χ3v) is 2.72. The maximum absolute atomic E-state index is 10.7. The Hall–Kier alpha value is -1.00. The molecule has 1 unspecified atom stereocenters. The topological polar surface area (TPSA) is 69.1 Å². The van der Waals surface area contributed by atoms with Crippen LogP contribution in [0.2, 0.25) is 0 Å². The first kappa shape index (κ1) is 11.1. The smallest absolute Gasteiger partial charge is 0.234 e. The van der Waals surface area contributed by atoms with E-state index in [-0.39, 0.29) is 0 Å². The zero-order valence-corrected chi connectivity index (χ0v) is 8.88. The highest BCUT2D eigenvalue weighted by Crippen LogP contribution is 2.15. The van der Waals surface area contributed by atoms with Crippen LogP contribution in [0.15, 0.2) is 29.2 Å². The average molecular weight is 210 g/mol. The van der Waals surface area contributed by atoms with E-state index in [0.717, 1.165) is 5.56 Å². The van der Waals surface area contributed by atoms with Crippen molar-refractivity contribution in [2.24, 2.45) is 11.5 Å². The van der Waals surface area contributed by atoms with E-state index in [1.807, 2.05) is 30.5 Å². The van der Waals surface area contributed by atoms with Crippen LogP contribution in [0, 0.1) is 0 Å². The highest BCUT2D eigenvalue weighted by Gasteiger charge is 2.09. The Bertz CT molecular complexity index is 310. The summed E-state index contributed by atoms with van der Waals surface area (Å²) in [5.41, 5.74) is 11.6. The number of carbonyl (C=O) groups excluding carboxylic acids is 1. The summed E-state index contributed by atoms with van der Waals surface area (Å²) in [6, 6.07) is 7.36. The van der Waals surface area contributed by atoms with E-state index in [1.165, 1.54) is 4.90 Å². The zero-order valence-electron chi connectivity index (χ0n) is 8.07. The summed E-state index contributed by atoms with van der Waals surface area (Å²) in [6.07, 6.45) is 2.52. The van der Waals surface area contributed by atoms with Crippen molar-refractivity contribution in [3.63, 3.8) is 0 Å². The molecular formula is C10H14N2OS. The van der Waals surface area contributed by atoms with E-state index < -0.39 is 11.9 Å². The van der Waals surface area contributed by atoms with Crippen LogP contribution in [-0.2, 0) is 11.2 Å². The molecule has 14 heavy (non-hydrogen) atoms. The first-order chi connectivity index (χ1) is 6.63. The normalized spacial score (nSPS) is 12.4. The number of hydrogen-bond donors (Lipinski definition) is 2. The number of thioether (sulfide) groups is 1. The first-order valence-electron chi connectivity index (χ1n) is 4.31. The zero-order chi connectivity index (χ0) is 10.6. The second-order valence-electron chi connectivity index (χ2n) is 3.06. The van der Waals surface area contributed by atoms with E-state index in [4.69, 9.17) is 11.5 Å². The summed E-state index contributed by atoms with van der Waals surface area (Å²) < 4.78 is 0. The van der Waals surface area contributed by atoms with Gasteiger partial charge >= 0.3 is 0 Å². The molecule has 1 amide bonds. The Labute approximate surface area is 87.9 Å². The quantitative estimate of drug-likeness (QED) is 0.721. The molecule has 0 saturated carbocycles.